The summed E-state index contributed by atoms with van der Waals surface area (Å²) < 4.78 is 0. The molecule has 1 aromatic rings. The molecule has 0 saturated carbocycles. The molecule has 0 fully saturated rings. The van der Waals surface area contributed by atoms with Gasteiger partial charge in [-0.1, -0.05) is 0 Å². The lowest BCUT2D eigenvalue weighted by atomic mass is 10.4. The molecule has 0 aliphatic rings. The Balaban J connectivity index is 3.09. The third-order valence-electron chi connectivity index (χ3n) is 1.15. The number of nitrogens with zero attached hydrogens (tertiary/aromatic N) is 2. The van der Waals surface area contributed by atoms with E-state index in [2.05, 4.69) is 9.97 Å². The second-order valence-corrected chi connectivity index (χ2v) is 2.22. The van der Waals surface area contributed by atoms with Gasteiger partial charge in [0, 0.05) is 0 Å². The van der Waals surface area contributed by atoms with Crippen LogP contribution in [0.1, 0.15) is 11.5 Å². The number of hydrogen-bond acceptors (Lipinski definition) is 3. The van der Waals surface area contributed by atoms with E-state index in [0.29, 0.717) is 23.1 Å². The third-order valence-corrected chi connectivity index (χ3v) is 1.40. The van der Waals surface area contributed by atoms with Gasteiger partial charge in [-0.15, -0.1) is 11.6 Å². The number of alkyl halides is 1. The normalized spacial score (nSPS) is 9.80. The molecule has 0 bridgehead atoms. The number of aryl methyl sites for hydroxylation is 1. The van der Waals surface area contributed by atoms with Crippen LogP contribution in [0.2, 0.25) is 0 Å². The number of hydrogen-bond donors (Lipinski definition) is 1. The molecule has 3 nitrogen and oxygen atoms in total. The van der Waals surface area contributed by atoms with Crippen LogP contribution in [-0.2, 0) is 5.88 Å². The van der Waals surface area contributed by atoms with Crippen molar-refractivity contribution in [3.63, 3.8) is 0 Å². The van der Waals surface area contributed by atoms with Crippen molar-refractivity contribution in [2.45, 2.75) is 12.8 Å². The number of halogens is 1. The highest BCUT2D eigenvalue weighted by atomic mass is 35.5. The maximum Gasteiger partial charge on any atom is 0.125 e. The van der Waals surface area contributed by atoms with Gasteiger partial charge in [0.25, 0.3) is 0 Å². The summed E-state index contributed by atoms with van der Waals surface area (Å²) in [6.45, 7) is 1.80. The van der Waals surface area contributed by atoms with E-state index in [0.717, 1.165) is 0 Å². The van der Waals surface area contributed by atoms with Crippen LogP contribution in [0.15, 0.2) is 6.20 Å². The lowest BCUT2D eigenvalue weighted by Gasteiger charge is -1.99. The van der Waals surface area contributed by atoms with E-state index in [4.69, 9.17) is 17.3 Å². The van der Waals surface area contributed by atoms with Gasteiger partial charge in [0.15, 0.2) is 0 Å². The first kappa shape index (κ1) is 7.28. The molecule has 4 heteroatoms. The van der Waals surface area contributed by atoms with E-state index in [9.17, 15) is 0 Å². The van der Waals surface area contributed by atoms with Gasteiger partial charge in [0.05, 0.1) is 23.5 Å². The minimum atomic E-state index is 0.342. The summed E-state index contributed by atoms with van der Waals surface area (Å²) in [5.41, 5.74) is 6.75. The molecule has 54 valence electrons. The van der Waals surface area contributed by atoms with E-state index >= 15 is 0 Å². The molecular formula is C6H8ClN3. The highest BCUT2D eigenvalue weighted by molar-refractivity contribution is 6.17. The van der Waals surface area contributed by atoms with E-state index in [1.165, 1.54) is 0 Å². The van der Waals surface area contributed by atoms with E-state index in [1.807, 2.05) is 0 Å². The van der Waals surface area contributed by atoms with Crippen molar-refractivity contribution >= 4 is 17.3 Å². The van der Waals surface area contributed by atoms with Gasteiger partial charge < -0.3 is 5.73 Å². The lowest BCUT2D eigenvalue weighted by molar-refractivity contribution is 1.01. The Morgan fingerprint density at radius 3 is 2.90 bits per heavy atom. The fourth-order valence-corrected chi connectivity index (χ4v) is 0.847. The van der Waals surface area contributed by atoms with E-state index in [1.54, 1.807) is 13.1 Å². The van der Waals surface area contributed by atoms with Gasteiger partial charge in [-0.3, -0.25) is 0 Å². The zero-order valence-corrected chi connectivity index (χ0v) is 6.39. The largest absolute Gasteiger partial charge is 0.396 e. The van der Waals surface area contributed by atoms with Crippen molar-refractivity contribution in [1.82, 2.24) is 9.97 Å². The molecule has 0 unspecified atom stereocenters. The summed E-state index contributed by atoms with van der Waals surface area (Å²) in [7, 11) is 0. The summed E-state index contributed by atoms with van der Waals surface area (Å²) in [5.74, 6) is 1.04. The standard InChI is InChI=1S/C6H8ClN3/c1-4-9-3-5(8)6(2-7)10-4/h3H,2,8H2,1H3. The first-order chi connectivity index (χ1) is 4.74. The molecule has 0 aliphatic heterocycles. The Morgan fingerprint density at radius 1 is 1.70 bits per heavy atom. The third kappa shape index (κ3) is 1.36. The molecule has 0 amide bonds. The van der Waals surface area contributed by atoms with Crippen LogP contribution in [0.4, 0.5) is 5.69 Å². The van der Waals surface area contributed by atoms with E-state index in [-0.39, 0.29) is 0 Å². The van der Waals surface area contributed by atoms with Crippen LogP contribution in [0.3, 0.4) is 0 Å². The molecule has 0 aromatic carbocycles. The fraction of sp³-hybridized carbons (Fsp3) is 0.333. The fourth-order valence-electron chi connectivity index (χ4n) is 0.633. The topological polar surface area (TPSA) is 51.8 Å². The molecule has 0 aliphatic carbocycles. The van der Waals surface area contributed by atoms with Crippen molar-refractivity contribution in [1.29, 1.82) is 0 Å². The van der Waals surface area contributed by atoms with Gasteiger partial charge >= 0.3 is 0 Å². The molecule has 0 atom stereocenters. The smallest absolute Gasteiger partial charge is 0.125 e. The van der Waals surface area contributed by atoms with Crippen LogP contribution in [-0.4, -0.2) is 9.97 Å². The number of nitrogens with two attached hydrogens (primary N) is 1. The molecule has 10 heavy (non-hydrogen) atoms. The van der Waals surface area contributed by atoms with Crippen LogP contribution in [0.5, 0.6) is 0 Å². The molecule has 0 saturated heterocycles. The van der Waals surface area contributed by atoms with Crippen molar-refractivity contribution < 1.29 is 0 Å². The van der Waals surface area contributed by atoms with Crippen LogP contribution < -0.4 is 5.73 Å². The minimum absolute atomic E-state index is 0.342. The minimum Gasteiger partial charge on any atom is -0.396 e. The van der Waals surface area contributed by atoms with Crippen molar-refractivity contribution in [3.05, 3.63) is 17.7 Å². The highest BCUT2D eigenvalue weighted by Gasteiger charge is 1.98. The predicted octanol–water partition coefficient (Wildman–Crippen LogP) is 1.11. The Morgan fingerprint density at radius 2 is 2.40 bits per heavy atom. The molecule has 0 spiro atoms. The number of aromatic nitrogens is 2. The SMILES string of the molecule is Cc1ncc(N)c(CCl)n1. The van der Waals surface area contributed by atoms with Crippen molar-refractivity contribution in [2.75, 3.05) is 5.73 Å². The molecule has 1 heterocycles. The molecule has 1 aromatic heterocycles. The first-order valence-corrected chi connectivity index (χ1v) is 3.41. The molecule has 1 rings (SSSR count). The average Bonchev–Trinajstić information content (AvgIpc) is 1.94. The number of anilines is 1. The molecule has 2 N–H and O–H groups in total. The Kier molecular flexibility index (Phi) is 2.06. The molecule has 0 radical (unpaired) electrons. The zero-order valence-electron chi connectivity index (χ0n) is 5.63. The summed E-state index contributed by atoms with van der Waals surface area (Å²) in [6.07, 6.45) is 1.57. The first-order valence-electron chi connectivity index (χ1n) is 2.88. The van der Waals surface area contributed by atoms with Crippen molar-refractivity contribution in [2.24, 2.45) is 0 Å². The molecular weight excluding hydrogens is 150 g/mol. The van der Waals surface area contributed by atoms with Gasteiger partial charge in [-0.25, -0.2) is 9.97 Å². The predicted molar refractivity (Wildman–Crippen MR) is 40.7 cm³/mol. The van der Waals surface area contributed by atoms with Gasteiger partial charge in [-0.05, 0) is 6.92 Å². The highest BCUT2D eigenvalue weighted by Crippen LogP contribution is 2.08. The summed E-state index contributed by atoms with van der Waals surface area (Å²) >= 11 is 5.53. The maximum atomic E-state index is 5.53. The van der Waals surface area contributed by atoms with Crippen LogP contribution in [0.25, 0.3) is 0 Å². The summed E-state index contributed by atoms with van der Waals surface area (Å²) in [6, 6.07) is 0. The van der Waals surface area contributed by atoms with Crippen LogP contribution >= 0.6 is 11.6 Å². The number of nitrogen functional groups attached to an aromatic ring is 1. The maximum absolute atomic E-state index is 5.53. The average molecular weight is 158 g/mol. The second kappa shape index (κ2) is 2.84. The van der Waals surface area contributed by atoms with E-state index < -0.39 is 0 Å². The van der Waals surface area contributed by atoms with Gasteiger partial charge in [0.2, 0.25) is 0 Å². The Hall–Kier alpha value is -0.830. The number of rotatable bonds is 1. The van der Waals surface area contributed by atoms with Gasteiger partial charge in [-0.2, -0.15) is 0 Å². The Bertz CT molecular complexity index is 236. The Labute approximate surface area is 64.2 Å². The van der Waals surface area contributed by atoms with Crippen LogP contribution in [0, 0.1) is 6.92 Å². The van der Waals surface area contributed by atoms with Gasteiger partial charge in [0.1, 0.15) is 5.82 Å². The quantitative estimate of drug-likeness (QED) is 0.622. The monoisotopic (exact) mass is 157 g/mol. The lowest BCUT2D eigenvalue weighted by Crippen LogP contribution is -1.98. The summed E-state index contributed by atoms with van der Waals surface area (Å²) in [5, 5.41) is 0. The second-order valence-electron chi connectivity index (χ2n) is 1.95. The summed E-state index contributed by atoms with van der Waals surface area (Å²) in [4.78, 5) is 7.92. The zero-order chi connectivity index (χ0) is 7.56. The van der Waals surface area contributed by atoms with Crippen molar-refractivity contribution in [3.8, 4) is 0 Å².